The van der Waals surface area contributed by atoms with E-state index in [1.165, 1.54) is 0 Å². The summed E-state index contributed by atoms with van der Waals surface area (Å²) in [6.07, 6.45) is 5.36. The van der Waals surface area contributed by atoms with Crippen LogP contribution in [0.2, 0.25) is 0 Å². The van der Waals surface area contributed by atoms with Crippen LogP contribution in [0.3, 0.4) is 0 Å². The second kappa shape index (κ2) is 9.34. The fraction of sp³-hybridized carbons (Fsp3) is 0.625. The van der Waals surface area contributed by atoms with Gasteiger partial charge in [0, 0.05) is 38.6 Å². The summed E-state index contributed by atoms with van der Waals surface area (Å²) in [5.41, 5.74) is 1.56. The summed E-state index contributed by atoms with van der Waals surface area (Å²) < 4.78 is 0. The Morgan fingerprint density at radius 1 is 1.14 bits per heavy atom. The van der Waals surface area contributed by atoms with Gasteiger partial charge in [0.15, 0.2) is 0 Å². The van der Waals surface area contributed by atoms with Crippen LogP contribution in [-0.4, -0.2) is 61.0 Å². The van der Waals surface area contributed by atoms with Crippen molar-refractivity contribution in [3.63, 3.8) is 0 Å². The van der Waals surface area contributed by atoms with Gasteiger partial charge in [0.25, 0.3) is 5.91 Å². The van der Waals surface area contributed by atoms with Crippen molar-refractivity contribution in [2.24, 2.45) is 0 Å². The molecule has 1 rings (SSSR count). The first-order chi connectivity index (χ1) is 10.1. The molecule has 1 amide bonds. The molecule has 0 saturated heterocycles. The van der Waals surface area contributed by atoms with Crippen LogP contribution in [0.1, 0.15) is 37.0 Å². The Kier molecular flexibility index (Phi) is 7.75. The van der Waals surface area contributed by atoms with Crippen LogP contribution in [0.25, 0.3) is 0 Å². The number of carbonyl (C=O) groups is 1. The van der Waals surface area contributed by atoms with Crippen molar-refractivity contribution >= 4 is 11.6 Å². The number of pyridine rings is 1. The van der Waals surface area contributed by atoms with Crippen LogP contribution in [-0.2, 0) is 0 Å². The van der Waals surface area contributed by atoms with Gasteiger partial charge in [0.05, 0.1) is 11.3 Å². The number of hydrogen-bond acceptors (Lipinski definition) is 4. The maximum absolute atomic E-state index is 12.5. The number of anilines is 1. The van der Waals surface area contributed by atoms with Gasteiger partial charge in [-0.15, -0.1) is 0 Å². The van der Waals surface area contributed by atoms with Crippen molar-refractivity contribution in [2.75, 3.05) is 45.6 Å². The van der Waals surface area contributed by atoms with E-state index in [9.17, 15) is 4.79 Å². The van der Waals surface area contributed by atoms with Gasteiger partial charge >= 0.3 is 0 Å². The third-order valence-electron chi connectivity index (χ3n) is 3.15. The van der Waals surface area contributed by atoms with E-state index in [4.69, 9.17) is 0 Å². The highest BCUT2D eigenvalue weighted by atomic mass is 16.2. The molecule has 1 N–H and O–H groups in total. The highest BCUT2D eigenvalue weighted by molar-refractivity contribution is 5.94. The molecule has 1 heterocycles. The third kappa shape index (κ3) is 6.12. The molecule has 0 saturated carbocycles. The van der Waals surface area contributed by atoms with Crippen LogP contribution < -0.4 is 5.32 Å². The van der Waals surface area contributed by atoms with Crippen molar-refractivity contribution in [3.8, 4) is 0 Å². The SMILES string of the molecule is CCCN(CCC)C(=O)c1cncc(NCCN(C)C)c1. The first kappa shape index (κ1) is 17.4. The maximum atomic E-state index is 12.5. The van der Waals surface area contributed by atoms with Crippen molar-refractivity contribution in [3.05, 3.63) is 24.0 Å². The fourth-order valence-electron chi connectivity index (χ4n) is 2.11. The minimum atomic E-state index is 0.0717. The molecule has 0 atom stereocenters. The van der Waals surface area contributed by atoms with Gasteiger partial charge in [-0.05, 0) is 33.0 Å². The minimum Gasteiger partial charge on any atom is -0.382 e. The second-order valence-electron chi connectivity index (χ2n) is 5.48. The molecule has 0 aliphatic carbocycles. The lowest BCUT2D eigenvalue weighted by atomic mass is 10.2. The lowest BCUT2D eigenvalue weighted by molar-refractivity contribution is 0.0755. The van der Waals surface area contributed by atoms with Gasteiger partial charge in [-0.1, -0.05) is 13.8 Å². The van der Waals surface area contributed by atoms with Gasteiger partial charge in [-0.25, -0.2) is 0 Å². The highest BCUT2D eigenvalue weighted by Crippen LogP contribution is 2.11. The van der Waals surface area contributed by atoms with Crippen molar-refractivity contribution in [2.45, 2.75) is 26.7 Å². The number of nitrogens with one attached hydrogen (secondary N) is 1. The maximum Gasteiger partial charge on any atom is 0.255 e. The molecule has 0 radical (unpaired) electrons. The largest absolute Gasteiger partial charge is 0.382 e. The van der Waals surface area contributed by atoms with Crippen LogP contribution in [0.5, 0.6) is 0 Å². The van der Waals surface area contributed by atoms with E-state index in [-0.39, 0.29) is 5.91 Å². The Morgan fingerprint density at radius 3 is 2.38 bits per heavy atom. The lowest BCUT2D eigenvalue weighted by Crippen LogP contribution is -2.32. The molecule has 118 valence electrons. The van der Waals surface area contributed by atoms with E-state index in [1.54, 1.807) is 12.4 Å². The lowest BCUT2D eigenvalue weighted by Gasteiger charge is -2.21. The number of amides is 1. The molecule has 0 fully saturated rings. The number of nitrogens with zero attached hydrogens (tertiary/aromatic N) is 3. The van der Waals surface area contributed by atoms with Crippen LogP contribution in [0.4, 0.5) is 5.69 Å². The molecule has 5 heteroatoms. The molecule has 0 aromatic carbocycles. The number of likely N-dealkylation sites (N-methyl/N-ethyl adjacent to an activating group) is 1. The predicted octanol–water partition coefficient (Wildman–Crippen LogP) is 2.32. The Balaban J connectivity index is 2.70. The molecular weight excluding hydrogens is 264 g/mol. The van der Waals surface area contributed by atoms with Crippen LogP contribution >= 0.6 is 0 Å². The zero-order valence-electron chi connectivity index (χ0n) is 13.7. The minimum absolute atomic E-state index is 0.0717. The summed E-state index contributed by atoms with van der Waals surface area (Å²) in [5.74, 6) is 0.0717. The van der Waals surface area contributed by atoms with Crippen molar-refractivity contribution in [1.82, 2.24) is 14.8 Å². The number of hydrogen-bond donors (Lipinski definition) is 1. The van der Waals surface area contributed by atoms with E-state index in [0.29, 0.717) is 5.56 Å². The van der Waals surface area contributed by atoms with E-state index in [2.05, 4.69) is 29.0 Å². The topological polar surface area (TPSA) is 48.5 Å². The van der Waals surface area contributed by atoms with Gasteiger partial charge in [0.2, 0.25) is 0 Å². The first-order valence-electron chi connectivity index (χ1n) is 7.71. The smallest absolute Gasteiger partial charge is 0.255 e. The summed E-state index contributed by atoms with van der Waals surface area (Å²) in [6.45, 7) is 7.55. The number of aromatic nitrogens is 1. The van der Waals surface area contributed by atoms with Crippen molar-refractivity contribution in [1.29, 1.82) is 0 Å². The zero-order valence-corrected chi connectivity index (χ0v) is 13.7. The monoisotopic (exact) mass is 292 g/mol. The van der Waals surface area contributed by atoms with Gasteiger partial charge in [0.1, 0.15) is 0 Å². The van der Waals surface area contributed by atoms with E-state index in [1.807, 2.05) is 25.1 Å². The Labute approximate surface area is 128 Å². The normalized spacial score (nSPS) is 10.7. The average Bonchev–Trinajstić information content (AvgIpc) is 2.46. The second-order valence-corrected chi connectivity index (χ2v) is 5.48. The molecule has 0 spiro atoms. The number of carbonyl (C=O) groups excluding carboxylic acids is 1. The van der Waals surface area contributed by atoms with E-state index in [0.717, 1.165) is 44.7 Å². The fourth-order valence-corrected chi connectivity index (χ4v) is 2.11. The summed E-state index contributed by atoms with van der Waals surface area (Å²) in [5, 5.41) is 3.30. The highest BCUT2D eigenvalue weighted by Gasteiger charge is 2.14. The van der Waals surface area contributed by atoms with Gasteiger partial charge < -0.3 is 15.1 Å². The zero-order chi connectivity index (χ0) is 15.7. The van der Waals surface area contributed by atoms with Crippen molar-refractivity contribution < 1.29 is 4.79 Å². The summed E-state index contributed by atoms with van der Waals surface area (Å²) in [6, 6.07) is 1.89. The van der Waals surface area contributed by atoms with Gasteiger partial charge in [-0.3, -0.25) is 9.78 Å². The van der Waals surface area contributed by atoms with Crippen LogP contribution in [0.15, 0.2) is 18.5 Å². The quantitative estimate of drug-likeness (QED) is 0.759. The molecular formula is C16H28N4O. The molecule has 1 aromatic heterocycles. The molecule has 5 nitrogen and oxygen atoms in total. The van der Waals surface area contributed by atoms with Crippen LogP contribution in [0, 0.1) is 0 Å². The Morgan fingerprint density at radius 2 is 1.81 bits per heavy atom. The predicted molar refractivity (Wildman–Crippen MR) is 87.8 cm³/mol. The van der Waals surface area contributed by atoms with Gasteiger partial charge in [-0.2, -0.15) is 0 Å². The Bertz CT molecular complexity index is 428. The first-order valence-corrected chi connectivity index (χ1v) is 7.71. The van der Waals surface area contributed by atoms with E-state index < -0.39 is 0 Å². The number of rotatable bonds is 9. The summed E-state index contributed by atoms with van der Waals surface area (Å²) >= 11 is 0. The molecule has 1 aromatic rings. The average molecular weight is 292 g/mol. The third-order valence-corrected chi connectivity index (χ3v) is 3.15. The summed E-state index contributed by atoms with van der Waals surface area (Å²) in [7, 11) is 4.07. The molecule has 0 aliphatic rings. The summed E-state index contributed by atoms with van der Waals surface area (Å²) in [4.78, 5) is 20.7. The standard InChI is InChI=1S/C16H28N4O/c1-5-8-20(9-6-2)16(21)14-11-15(13-17-12-14)18-7-10-19(3)4/h11-13,18H,5-10H2,1-4H3. The molecule has 0 aliphatic heterocycles. The molecule has 0 unspecified atom stereocenters. The molecule has 0 bridgehead atoms. The Hall–Kier alpha value is -1.62. The van der Waals surface area contributed by atoms with E-state index >= 15 is 0 Å². The molecule has 21 heavy (non-hydrogen) atoms.